The highest BCUT2D eigenvalue weighted by Gasteiger charge is 2.50. The van der Waals surface area contributed by atoms with Crippen LogP contribution in [0.25, 0.3) is 0 Å². The summed E-state index contributed by atoms with van der Waals surface area (Å²) in [6.45, 7) is 44.6. The molecule has 0 saturated carbocycles. The van der Waals surface area contributed by atoms with Crippen LogP contribution in [0.2, 0.25) is 0 Å². The first-order valence-corrected chi connectivity index (χ1v) is 30.1. The van der Waals surface area contributed by atoms with E-state index in [1.807, 2.05) is 36.4 Å². The summed E-state index contributed by atoms with van der Waals surface area (Å²) in [5.41, 5.74) is 5.31. The van der Waals surface area contributed by atoms with Crippen molar-refractivity contribution in [3.63, 3.8) is 0 Å². The fraction of sp³-hybridized carbons (Fsp3) is 0.594. The molecular formula is C64H88O11P2. The standard InChI is InChI=1S/C64H88O11P2/c1-56(2,3)33-60(13,14)40-21-25-48-44(29-40)52(54(65)72-48)46-31-42(62(17,18)35-58(7,8)9)23-27-50(46)74-76-68-36-64(37-69-76)38-70-77(67,71-39-64)75-51-28-24-43(63(19,20)59(10,11)12)32-47(51)53-45-30-41(22-26-49(45)73-55(53)66)61(15,16)34-57(4,5)6/h21-32,52-53H,33-39H2,1-20H3. The largest absolute Gasteiger partial charge is 0.530 e. The fourth-order valence-corrected chi connectivity index (χ4v) is 15.2. The Morgan fingerprint density at radius 1 is 0.494 bits per heavy atom. The molecule has 2 saturated heterocycles. The highest BCUT2D eigenvalue weighted by atomic mass is 31.2. The first kappa shape index (κ1) is 59.1. The third kappa shape index (κ3) is 12.8. The smallest absolute Gasteiger partial charge is 0.426 e. The number of carbonyl (C=O) groups is 2. The van der Waals surface area contributed by atoms with Crippen LogP contribution < -0.4 is 18.5 Å². The van der Waals surface area contributed by atoms with Gasteiger partial charge >= 0.3 is 28.4 Å². The lowest BCUT2D eigenvalue weighted by Gasteiger charge is -2.41. The number of phosphoric acid groups is 1. The number of ether oxygens (including phenoxy) is 2. The first-order chi connectivity index (χ1) is 35.2. The summed E-state index contributed by atoms with van der Waals surface area (Å²) in [4.78, 5) is 28.2. The van der Waals surface area contributed by atoms with E-state index in [4.69, 9.17) is 36.6 Å². The molecular weight excluding hydrogens is 1010 g/mol. The van der Waals surface area contributed by atoms with Gasteiger partial charge in [0.15, 0.2) is 0 Å². The molecule has 4 aromatic carbocycles. The van der Waals surface area contributed by atoms with Crippen molar-refractivity contribution in [1.82, 2.24) is 0 Å². The van der Waals surface area contributed by atoms with Crippen molar-refractivity contribution in [2.45, 2.75) is 191 Å². The lowest BCUT2D eigenvalue weighted by atomic mass is 9.65. The third-order valence-electron chi connectivity index (χ3n) is 16.4. The molecule has 1 spiro atoms. The lowest BCUT2D eigenvalue weighted by Crippen LogP contribution is -2.45. The molecule has 0 N–H and O–H groups in total. The van der Waals surface area contributed by atoms with Crippen LogP contribution in [0.15, 0.2) is 72.8 Å². The van der Waals surface area contributed by atoms with Gasteiger partial charge in [-0.15, -0.1) is 0 Å². The van der Waals surface area contributed by atoms with Crippen LogP contribution in [-0.2, 0) is 53.9 Å². The van der Waals surface area contributed by atoms with Gasteiger partial charge in [-0.1, -0.05) is 187 Å². The van der Waals surface area contributed by atoms with Gasteiger partial charge in [-0.3, -0.25) is 18.6 Å². The van der Waals surface area contributed by atoms with Gasteiger partial charge in [-0.05, 0) is 109 Å². The van der Waals surface area contributed by atoms with Crippen LogP contribution in [0, 0.1) is 27.1 Å². The van der Waals surface area contributed by atoms with Gasteiger partial charge in [0.2, 0.25) is 0 Å². The van der Waals surface area contributed by atoms with E-state index in [1.165, 1.54) is 0 Å². The molecule has 4 aromatic rings. The Balaban J connectivity index is 1.03. The van der Waals surface area contributed by atoms with E-state index in [1.54, 1.807) is 6.07 Å². The number of carbonyl (C=O) groups excluding carboxylic acids is 2. The first-order valence-electron chi connectivity index (χ1n) is 27.5. The maximum atomic E-state index is 14.7. The molecule has 13 heteroatoms. The summed E-state index contributed by atoms with van der Waals surface area (Å²) in [6.07, 6.45) is 2.77. The van der Waals surface area contributed by atoms with Crippen molar-refractivity contribution in [2.24, 2.45) is 27.1 Å². The van der Waals surface area contributed by atoms with Crippen LogP contribution in [0.1, 0.15) is 214 Å². The highest BCUT2D eigenvalue weighted by Crippen LogP contribution is 2.60. The average molecular weight is 1100 g/mol. The topological polar surface area (TPSA) is 125 Å². The maximum absolute atomic E-state index is 14.7. The van der Waals surface area contributed by atoms with Crippen LogP contribution >= 0.6 is 16.4 Å². The number of benzene rings is 4. The lowest BCUT2D eigenvalue weighted by molar-refractivity contribution is -0.134. The van der Waals surface area contributed by atoms with Crippen molar-refractivity contribution in [3.8, 4) is 23.0 Å². The highest BCUT2D eigenvalue weighted by molar-refractivity contribution is 7.49. The van der Waals surface area contributed by atoms with E-state index in [9.17, 15) is 14.2 Å². The zero-order valence-electron chi connectivity index (χ0n) is 49.9. The SMILES string of the molecule is CC(C)(C)CC(C)(C)c1ccc2c(c1)C(c1cc(C(C)(C)CC(C)(C)C)ccc1OP1OCC3(CO1)COP(=O)(Oc1ccc(C(C)(C)C(C)(C)C)cc1C1C(=O)Oc4ccc(C(C)(C)CC(C)(C)C)cc41)OC3)C(=O)O2. The van der Waals surface area contributed by atoms with E-state index in [0.717, 1.165) is 52.6 Å². The maximum Gasteiger partial charge on any atom is 0.530 e. The molecule has 4 aliphatic rings. The van der Waals surface area contributed by atoms with Crippen molar-refractivity contribution in [1.29, 1.82) is 0 Å². The second-order valence-electron chi connectivity index (χ2n) is 29.9. The Hall–Kier alpha value is -4.08. The zero-order valence-corrected chi connectivity index (χ0v) is 51.7. The predicted molar refractivity (Wildman–Crippen MR) is 307 cm³/mol. The van der Waals surface area contributed by atoms with Crippen LogP contribution in [0.3, 0.4) is 0 Å². The van der Waals surface area contributed by atoms with Crippen molar-refractivity contribution in [3.05, 3.63) is 117 Å². The van der Waals surface area contributed by atoms with Gasteiger partial charge in [-0.2, -0.15) is 0 Å². The normalized spacial score (nSPS) is 23.6. The molecule has 420 valence electrons. The van der Waals surface area contributed by atoms with Crippen LogP contribution in [-0.4, -0.2) is 38.4 Å². The summed E-state index contributed by atoms with van der Waals surface area (Å²) in [6, 6.07) is 24.0. The molecule has 0 aliphatic carbocycles. The summed E-state index contributed by atoms with van der Waals surface area (Å²) >= 11 is 0. The second kappa shape index (κ2) is 20.2. The Morgan fingerprint density at radius 3 is 1.27 bits per heavy atom. The summed E-state index contributed by atoms with van der Waals surface area (Å²) in [7, 11) is -6.21. The molecule has 77 heavy (non-hydrogen) atoms. The van der Waals surface area contributed by atoms with E-state index >= 15 is 0 Å². The van der Waals surface area contributed by atoms with E-state index in [2.05, 4.69) is 169 Å². The molecule has 11 nitrogen and oxygen atoms in total. The third-order valence-corrected chi connectivity index (χ3v) is 18.8. The number of esters is 2. The number of rotatable bonds is 13. The van der Waals surface area contributed by atoms with Crippen molar-refractivity contribution in [2.75, 3.05) is 26.4 Å². The molecule has 0 amide bonds. The quantitative estimate of drug-likeness (QED) is 0.0722. The van der Waals surface area contributed by atoms with E-state index in [-0.39, 0.29) is 81.5 Å². The molecule has 2 fully saturated rings. The van der Waals surface area contributed by atoms with Gasteiger partial charge in [0.05, 0.1) is 31.8 Å². The van der Waals surface area contributed by atoms with Crippen LogP contribution in [0.4, 0.5) is 0 Å². The minimum absolute atomic E-state index is 0.0467. The minimum atomic E-state index is -4.26. The van der Waals surface area contributed by atoms with Crippen molar-refractivity contribution < 1.29 is 50.8 Å². The molecule has 2 atom stereocenters. The Labute approximate surface area is 462 Å². The van der Waals surface area contributed by atoms with Gasteiger partial charge in [0.1, 0.15) is 34.8 Å². The van der Waals surface area contributed by atoms with E-state index in [0.29, 0.717) is 28.4 Å². The van der Waals surface area contributed by atoms with Gasteiger partial charge in [0.25, 0.3) is 0 Å². The number of phosphoric ester groups is 1. The Bertz CT molecular complexity index is 2930. The number of fused-ring (bicyclic) bond motifs is 2. The zero-order chi connectivity index (χ0) is 56.9. The number of hydrogen-bond donors (Lipinski definition) is 0. The number of hydrogen-bond acceptors (Lipinski definition) is 11. The summed E-state index contributed by atoms with van der Waals surface area (Å²) < 4.78 is 64.6. The molecule has 2 unspecified atom stereocenters. The van der Waals surface area contributed by atoms with Gasteiger partial charge in [0, 0.05) is 22.3 Å². The monoisotopic (exact) mass is 1090 g/mol. The average Bonchev–Trinajstić information content (AvgIpc) is 3.80. The van der Waals surface area contributed by atoms with E-state index < -0.39 is 39.6 Å². The fourth-order valence-electron chi connectivity index (χ4n) is 12.4. The summed E-state index contributed by atoms with van der Waals surface area (Å²) in [5, 5.41) is 0. The molecule has 0 bridgehead atoms. The molecule has 4 aliphatic heterocycles. The molecule has 0 radical (unpaired) electrons. The summed E-state index contributed by atoms with van der Waals surface area (Å²) in [5.74, 6) is -0.681. The Kier molecular flexibility index (Phi) is 15.5. The van der Waals surface area contributed by atoms with Crippen molar-refractivity contribution >= 4 is 28.4 Å². The minimum Gasteiger partial charge on any atom is -0.426 e. The van der Waals surface area contributed by atoms with Gasteiger partial charge < -0.3 is 27.6 Å². The molecule has 4 heterocycles. The Morgan fingerprint density at radius 2 is 0.857 bits per heavy atom. The second-order valence-corrected chi connectivity index (χ2v) is 32.6. The molecule has 8 rings (SSSR count). The predicted octanol–water partition coefficient (Wildman–Crippen LogP) is 17.1. The molecule has 0 aromatic heterocycles. The van der Waals surface area contributed by atoms with Gasteiger partial charge in [-0.25, -0.2) is 4.57 Å². The van der Waals surface area contributed by atoms with Crippen LogP contribution in [0.5, 0.6) is 23.0 Å².